The number of hydrogen-bond donors (Lipinski definition) is 2. The van der Waals surface area contributed by atoms with E-state index in [-0.39, 0.29) is 5.41 Å². The van der Waals surface area contributed by atoms with Gasteiger partial charge in [0.05, 0.1) is 27.4 Å². The molecular weight excluding hydrogens is 332 g/mol. The highest BCUT2D eigenvalue weighted by molar-refractivity contribution is 5.80. The molecule has 0 aliphatic carbocycles. The maximum atomic E-state index is 5.38. The van der Waals surface area contributed by atoms with E-state index in [9.17, 15) is 0 Å². The number of ether oxygens (including phenoxy) is 3. The predicted octanol–water partition coefficient (Wildman–Crippen LogP) is 1.48. The molecule has 2 N–H and O–H groups in total. The van der Waals surface area contributed by atoms with E-state index in [0.717, 1.165) is 62.4 Å². The second-order valence-corrected chi connectivity index (χ2v) is 7.38. The molecule has 0 saturated carbocycles. The molecule has 2 fully saturated rings. The summed E-state index contributed by atoms with van der Waals surface area (Å²) in [6.45, 7) is 6.62. The molecule has 0 aromatic heterocycles. The monoisotopic (exact) mass is 362 g/mol. The third-order valence-electron chi connectivity index (χ3n) is 5.04. The van der Waals surface area contributed by atoms with Crippen molar-refractivity contribution in [2.45, 2.75) is 19.4 Å². The van der Waals surface area contributed by atoms with Gasteiger partial charge >= 0.3 is 0 Å². The Balaban J connectivity index is 1.56. The Labute approximate surface area is 155 Å². The van der Waals surface area contributed by atoms with Crippen LogP contribution in [0.1, 0.15) is 13.3 Å². The van der Waals surface area contributed by atoms with Crippen molar-refractivity contribution in [1.29, 1.82) is 0 Å². The number of benzene rings is 1. The lowest BCUT2D eigenvalue weighted by Crippen LogP contribution is -2.52. The molecule has 0 radical (unpaired) electrons. The molecule has 1 atom stereocenters. The number of hydrogen-bond acceptors (Lipinski definition) is 5. The van der Waals surface area contributed by atoms with Crippen molar-refractivity contribution in [2.24, 2.45) is 10.4 Å². The van der Waals surface area contributed by atoms with Gasteiger partial charge in [0.1, 0.15) is 11.5 Å². The van der Waals surface area contributed by atoms with Gasteiger partial charge in [-0.25, -0.2) is 0 Å². The number of nitrogens with one attached hydrogen (secondary N) is 2. The fourth-order valence-electron chi connectivity index (χ4n) is 3.33. The first-order valence-electron chi connectivity index (χ1n) is 9.08. The highest BCUT2D eigenvalue weighted by Gasteiger charge is 2.33. The lowest BCUT2D eigenvalue weighted by molar-refractivity contribution is -0.0971. The van der Waals surface area contributed by atoms with Crippen LogP contribution in [0.3, 0.4) is 0 Å². The van der Waals surface area contributed by atoms with Crippen molar-refractivity contribution < 1.29 is 14.2 Å². The van der Waals surface area contributed by atoms with E-state index in [0.29, 0.717) is 6.04 Å². The summed E-state index contributed by atoms with van der Waals surface area (Å²) < 4.78 is 16.1. The summed E-state index contributed by atoms with van der Waals surface area (Å²) in [5.74, 6) is 2.47. The third-order valence-corrected chi connectivity index (χ3v) is 5.04. The normalized spacial score (nSPS) is 21.9. The van der Waals surface area contributed by atoms with Gasteiger partial charge in [-0.3, -0.25) is 4.99 Å². The minimum atomic E-state index is 0.219. The van der Waals surface area contributed by atoms with Crippen LogP contribution in [0, 0.1) is 5.41 Å². The summed E-state index contributed by atoms with van der Waals surface area (Å²) in [4.78, 5) is 6.70. The van der Waals surface area contributed by atoms with Gasteiger partial charge in [-0.2, -0.15) is 0 Å². The van der Waals surface area contributed by atoms with Gasteiger partial charge in [0.25, 0.3) is 0 Å². The van der Waals surface area contributed by atoms with Crippen molar-refractivity contribution in [3.8, 4) is 11.5 Å². The molecule has 0 amide bonds. The molecule has 2 saturated heterocycles. The van der Waals surface area contributed by atoms with Crippen molar-refractivity contribution in [1.82, 2.24) is 10.6 Å². The number of rotatable bonds is 6. The van der Waals surface area contributed by atoms with E-state index in [1.807, 2.05) is 13.1 Å². The van der Waals surface area contributed by atoms with Gasteiger partial charge in [-0.15, -0.1) is 0 Å². The Morgan fingerprint density at radius 2 is 1.96 bits per heavy atom. The first kappa shape index (κ1) is 18.6. The van der Waals surface area contributed by atoms with Crippen LogP contribution < -0.4 is 25.0 Å². The average Bonchev–Trinajstić information content (AvgIpc) is 3.11. The van der Waals surface area contributed by atoms with Crippen LogP contribution in [-0.2, 0) is 4.74 Å². The standard InChI is InChI=1S/C19H30N4O3/c1-19(12-26-13-19)11-21-18(20-2)22-14-5-6-23(10-14)15-7-16(24-3)9-17(8-15)25-4/h7-9,14H,5-6,10-13H2,1-4H3,(H2,20,21,22). The van der Waals surface area contributed by atoms with Gasteiger partial charge < -0.3 is 29.7 Å². The van der Waals surface area contributed by atoms with Gasteiger partial charge in [-0.05, 0) is 6.42 Å². The molecule has 2 aliphatic heterocycles. The first-order chi connectivity index (χ1) is 12.5. The molecule has 0 spiro atoms. The fraction of sp³-hybridized carbons (Fsp3) is 0.632. The topological polar surface area (TPSA) is 67.4 Å². The minimum Gasteiger partial charge on any atom is -0.497 e. The smallest absolute Gasteiger partial charge is 0.191 e. The lowest BCUT2D eigenvalue weighted by Gasteiger charge is -2.38. The number of aliphatic imine (C=N–C) groups is 1. The summed E-state index contributed by atoms with van der Waals surface area (Å²) in [7, 11) is 5.17. The van der Waals surface area contributed by atoms with Gasteiger partial charge in [-0.1, -0.05) is 6.92 Å². The highest BCUT2D eigenvalue weighted by atomic mass is 16.5. The molecule has 1 aromatic carbocycles. The molecule has 2 heterocycles. The van der Waals surface area contributed by atoms with Crippen LogP contribution in [0.15, 0.2) is 23.2 Å². The van der Waals surface area contributed by atoms with E-state index in [4.69, 9.17) is 14.2 Å². The van der Waals surface area contributed by atoms with Crippen LogP contribution in [0.5, 0.6) is 11.5 Å². The van der Waals surface area contributed by atoms with E-state index < -0.39 is 0 Å². The van der Waals surface area contributed by atoms with E-state index in [2.05, 4.69) is 39.6 Å². The molecule has 1 unspecified atom stereocenters. The number of guanidine groups is 1. The van der Waals surface area contributed by atoms with Crippen LogP contribution in [0.4, 0.5) is 5.69 Å². The Morgan fingerprint density at radius 1 is 1.27 bits per heavy atom. The molecule has 144 valence electrons. The molecular formula is C19H30N4O3. The Kier molecular flexibility index (Phi) is 5.76. The molecule has 1 aromatic rings. The zero-order valence-electron chi connectivity index (χ0n) is 16.2. The summed E-state index contributed by atoms with van der Waals surface area (Å²) >= 11 is 0. The minimum absolute atomic E-state index is 0.219. The Bertz CT molecular complexity index is 623. The van der Waals surface area contributed by atoms with Crippen LogP contribution in [-0.4, -0.2) is 66.1 Å². The number of methoxy groups -OCH3 is 2. The Hall–Kier alpha value is -2.15. The quantitative estimate of drug-likeness (QED) is 0.590. The lowest BCUT2D eigenvalue weighted by atomic mass is 9.89. The molecule has 3 rings (SSSR count). The first-order valence-corrected chi connectivity index (χ1v) is 9.08. The van der Waals surface area contributed by atoms with E-state index in [1.54, 1.807) is 14.2 Å². The fourth-order valence-corrected chi connectivity index (χ4v) is 3.33. The van der Waals surface area contributed by atoms with Crippen LogP contribution in [0.25, 0.3) is 0 Å². The largest absolute Gasteiger partial charge is 0.497 e. The van der Waals surface area contributed by atoms with Gasteiger partial charge in [0, 0.05) is 62.0 Å². The SMILES string of the molecule is CN=C(NCC1(C)COC1)NC1CCN(c2cc(OC)cc(OC)c2)C1. The second-order valence-electron chi connectivity index (χ2n) is 7.38. The molecule has 0 bridgehead atoms. The summed E-state index contributed by atoms with van der Waals surface area (Å²) in [5.41, 5.74) is 1.34. The maximum absolute atomic E-state index is 5.38. The van der Waals surface area contributed by atoms with Gasteiger partial charge in [0.15, 0.2) is 5.96 Å². The molecule has 2 aliphatic rings. The van der Waals surface area contributed by atoms with E-state index in [1.165, 1.54) is 0 Å². The molecule has 26 heavy (non-hydrogen) atoms. The summed E-state index contributed by atoms with van der Waals surface area (Å²) in [6, 6.07) is 6.35. The van der Waals surface area contributed by atoms with Crippen molar-refractivity contribution >= 4 is 11.6 Å². The average molecular weight is 362 g/mol. The van der Waals surface area contributed by atoms with Crippen molar-refractivity contribution in [3.63, 3.8) is 0 Å². The molecule has 7 nitrogen and oxygen atoms in total. The van der Waals surface area contributed by atoms with E-state index >= 15 is 0 Å². The zero-order chi connectivity index (χ0) is 18.6. The predicted molar refractivity (Wildman–Crippen MR) is 104 cm³/mol. The Morgan fingerprint density at radius 3 is 2.50 bits per heavy atom. The summed E-state index contributed by atoms with van der Waals surface area (Å²) in [5, 5.41) is 6.97. The van der Waals surface area contributed by atoms with Crippen LogP contribution in [0.2, 0.25) is 0 Å². The number of nitrogens with zero attached hydrogens (tertiary/aromatic N) is 2. The van der Waals surface area contributed by atoms with Crippen LogP contribution >= 0.6 is 0 Å². The van der Waals surface area contributed by atoms with Crippen molar-refractivity contribution in [3.05, 3.63) is 18.2 Å². The molecule has 7 heteroatoms. The van der Waals surface area contributed by atoms with Gasteiger partial charge in [0.2, 0.25) is 0 Å². The van der Waals surface area contributed by atoms with Crippen molar-refractivity contribution in [2.75, 3.05) is 59.0 Å². The second kappa shape index (κ2) is 8.03. The number of anilines is 1. The summed E-state index contributed by atoms with van der Waals surface area (Å²) in [6.07, 6.45) is 1.06. The highest BCUT2D eigenvalue weighted by Crippen LogP contribution is 2.30. The third kappa shape index (κ3) is 4.33. The zero-order valence-corrected chi connectivity index (χ0v) is 16.2. The maximum Gasteiger partial charge on any atom is 0.191 e.